The van der Waals surface area contributed by atoms with E-state index < -0.39 is 0 Å². The minimum Gasteiger partial charge on any atom is -0.361 e. The minimum atomic E-state index is -0.310. The number of carbonyl (C=O) groups is 1. The summed E-state index contributed by atoms with van der Waals surface area (Å²) in [6.45, 7) is 0. The second kappa shape index (κ2) is 7.10. The van der Waals surface area contributed by atoms with Gasteiger partial charge in [0.15, 0.2) is 0 Å². The summed E-state index contributed by atoms with van der Waals surface area (Å²) in [4.78, 5) is 20.1. The zero-order chi connectivity index (χ0) is 19.1. The quantitative estimate of drug-likeness (QED) is 0.562. The summed E-state index contributed by atoms with van der Waals surface area (Å²) in [7, 11) is 0. The Morgan fingerprint density at radius 1 is 1.00 bits per heavy atom. The molecule has 1 aromatic heterocycles. The molecular weight excluding hydrogens is 370 g/mol. The Hall–Kier alpha value is -2.59. The highest BCUT2D eigenvalue weighted by Gasteiger charge is 2.38. The molecule has 1 aliphatic carbocycles. The zero-order valence-corrected chi connectivity index (χ0v) is 16.3. The monoisotopic (exact) mass is 391 g/mol. The molecule has 2 aliphatic rings. The molecular formula is C23H22ClN3O. The van der Waals surface area contributed by atoms with Crippen LogP contribution in [0.3, 0.4) is 0 Å². The number of fused-ring (bicyclic) bond motifs is 2. The number of rotatable bonds is 2. The maximum atomic E-state index is 13.5. The molecule has 1 aliphatic heterocycles. The van der Waals surface area contributed by atoms with Crippen molar-refractivity contribution >= 4 is 34.1 Å². The molecule has 1 N–H and O–H groups in total. The molecule has 142 valence electrons. The number of hydrogen-bond donors (Lipinski definition) is 1. The summed E-state index contributed by atoms with van der Waals surface area (Å²) in [6, 6.07) is 18.0. The topological polar surface area (TPSA) is 45.2 Å². The molecule has 3 aromatic rings. The van der Waals surface area contributed by atoms with Crippen molar-refractivity contribution in [3.8, 4) is 0 Å². The van der Waals surface area contributed by atoms with Crippen molar-refractivity contribution in [2.24, 2.45) is 0 Å². The summed E-state index contributed by atoms with van der Waals surface area (Å²) in [5.74, 6) is 0.0791. The molecule has 5 rings (SSSR count). The van der Waals surface area contributed by atoms with Gasteiger partial charge in [-0.25, -0.2) is 4.98 Å². The fourth-order valence-electron chi connectivity index (χ4n) is 4.53. The van der Waals surface area contributed by atoms with Crippen LogP contribution < -0.4 is 5.32 Å². The lowest BCUT2D eigenvalue weighted by Crippen LogP contribution is -2.49. The van der Waals surface area contributed by atoms with Gasteiger partial charge in [0.25, 0.3) is 5.91 Å². The maximum Gasteiger partial charge on any atom is 0.258 e. The first kappa shape index (κ1) is 17.5. The Labute approximate surface area is 169 Å². The fraction of sp³-hybridized carbons (Fsp3) is 0.304. The highest BCUT2D eigenvalue weighted by atomic mass is 35.5. The van der Waals surface area contributed by atoms with E-state index >= 15 is 0 Å². The van der Waals surface area contributed by atoms with Gasteiger partial charge in [-0.2, -0.15) is 0 Å². The highest BCUT2D eigenvalue weighted by Crippen LogP contribution is 2.40. The van der Waals surface area contributed by atoms with Gasteiger partial charge in [0.2, 0.25) is 0 Å². The second-order valence-corrected chi connectivity index (χ2v) is 8.02. The average Bonchev–Trinajstić information content (AvgIpc) is 2.74. The largest absolute Gasteiger partial charge is 0.361 e. The number of amides is 1. The molecule has 5 heteroatoms. The van der Waals surface area contributed by atoms with Crippen molar-refractivity contribution in [3.63, 3.8) is 0 Å². The van der Waals surface area contributed by atoms with Gasteiger partial charge in [-0.05, 0) is 37.1 Å². The number of aromatic nitrogens is 1. The molecule has 1 fully saturated rings. The van der Waals surface area contributed by atoms with Crippen LogP contribution in [-0.2, 0) is 0 Å². The van der Waals surface area contributed by atoms with Crippen LogP contribution in [0.4, 0.5) is 5.69 Å². The van der Waals surface area contributed by atoms with Crippen molar-refractivity contribution in [1.29, 1.82) is 0 Å². The number of anilines is 1. The van der Waals surface area contributed by atoms with Crippen LogP contribution in [0.25, 0.3) is 10.9 Å². The first-order chi connectivity index (χ1) is 13.7. The van der Waals surface area contributed by atoms with E-state index in [-0.39, 0.29) is 18.1 Å². The van der Waals surface area contributed by atoms with Gasteiger partial charge < -0.3 is 10.2 Å². The molecule has 0 radical (unpaired) electrons. The molecule has 28 heavy (non-hydrogen) atoms. The van der Waals surface area contributed by atoms with E-state index in [1.807, 2.05) is 53.4 Å². The van der Waals surface area contributed by atoms with E-state index in [1.54, 1.807) is 0 Å². The predicted octanol–water partition coefficient (Wildman–Crippen LogP) is 5.79. The first-order valence-electron chi connectivity index (χ1n) is 9.96. The molecule has 0 spiro atoms. The standard InChI is InChI=1S/C23H22ClN3O/c24-21-18(14-15-8-4-6-12-19(15)25-21)22-26-20-13-7-5-11-17(20)23(28)27(22)16-9-2-1-3-10-16/h4-8,11-14,16,22,26H,1-3,9-10H2/t22-/m1/s1. The molecule has 1 amide bonds. The number of nitrogens with zero attached hydrogens (tertiary/aromatic N) is 2. The van der Waals surface area contributed by atoms with Gasteiger partial charge in [-0.3, -0.25) is 4.79 Å². The van der Waals surface area contributed by atoms with Crippen molar-refractivity contribution in [2.75, 3.05) is 5.32 Å². The van der Waals surface area contributed by atoms with Crippen molar-refractivity contribution in [3.05, 3.63) is 70.9 Å². The van der Waals surface area contributed by atoms with Crippen molar-refractivity contribution < 1.29 is 4.79 Å². The van der Waals surface area contributed by atoms with Crippen LogP contribution in [0.15, 0.2) is 54.6 Å². The van der Waals surface area contributed by atoms with Gasteiger partial charge in [0, 0.05) is 22.7 Å². The Morgan fingerprint density at radius 3 is 2.61 bits per heavy atom. The zero-order valence-electron chi connectivity index (χ0n) is 15.6. The van der Waals surface area contributed by atoms with Crippen LogP contribution >= 0.6 is 11.6 Å². The number of halogens is 1. The van der Waals surface area contributed by atoms with Gasteiger partial charge in [0.1, 0.15) is 11.3 Å². The first-order valence-corrected chi connectivity index (χ1v) is 10.3. The lowest BCUT2D eigenvalue weighted by molar-refractivity contribution is 0.0524. The Kier molecular flexibility index (Phi) is 4.44. The van der Waals surface area contributed by atoms with Crippen LogP contribution in [0.5, 0.6) is 0 Å². The van der Waals surface area contributed by atoms with Crippen LogP contribution in [0, 0.1) is 0 Å². The lowest BCUT2D eigenvalue weighted by atomic mass is 9.91. The molecule has 2 heterocycles. The third-order valence-electron chi connectivity index (χ3n) is 5.93. The highest BCUT2D eigenvalue weighted by molar-refractivity contribution is 6.30. The third-order valence-corrected chi connectivity index (χ3v) is 6.23. The smallest absolute Gasteiger partial charge is 0.258 e. The predicted molar refractivity (Wildman–Crippen MR) is 113 cm³/mol. The van der Waals surface area contributed by atoms with E-state index in [2.05, 4.69) is 16.4 Å². The van der Waals surface area contributed by atoms with E-state index in [1.165, 1.54) is 6.42 Å². The molecule has 1 saturated carbocycles. The molecule has 2 aromatic carbocycles. The normalized spacial score (nSPS) is 20.1. The lowest BCUT2D eigenvalue weighted by Gasteiger charge is -2.44. The maximum absolute atomic E-state index is 13.5. The average molecular weight is 392 g/mol. The minimum absolute atomic E-state index is 0.0791. The SMILES string of the molecule is O=C1c2ccccc2N[C@@H](c2cc3ccccc3nc2Cl)N1C1CCCCC1. The molecule has 4 nitrogen and oxygen atoms in total. The number of benzene rings is 2. The summed E-state index contributed by atoms with van der Waals surface area (Å²) >= 11 is 6.63. The van der Waals surface area contributed by atoms with Crippen LogP contribution in [0.2, 0.25) is 5.15 Å². The number of carbonyl (C=O) groups excluding carboxylic acids is 1. The van der Waals surface area contributed by atoms with E-state index in [4.69, 9.17) is 11.6 Å². The van der Waals surface area contributed by atoms with Crippen molar-refractivity contribution in [2.45, 2.75) is 44.3 Å². The van der Waals surface area contributed by atoms with Crippen LogP contribution in [-0.4, -0.2) is 21.8 Å². The summed E-state index contributed by atoms with van der Waals surface area (Å²) in [5, 5.41) is 5.05. The Balaban J connectivity index is 1.65. The van der Waals surface area contributed by atoms with E-state index in [0.717, 1.165) is 53.4 Å². The number of hydrogen-bond acceptors (Lipinski definition) is 3. The van der Waals surface area contributed by atoms with Crippen LogP contribution in [0.1, 0.15) is 54.2 Å². The molecule has 1 atom stereocenters. The fourth-order valence-corrected chi connectivity index (χ4v) is 4.78. The third kappa shape index (κ3) is 2.92. The van der Waals surface area contributed by atoms with Gasteiger partial charge in [-0.1, -0.05) is 61.2 Å². The Morgan fingerprint density at radius 2 is 1.75 bits per heavy atom. The molecule has 0 unspecified atom stereocenters. The van der Waals surface area contributed by atoms with Gasteiger partial charge in [0.05, 0.1) is 11.1 Å². The number of nitrogens with one attached hydrogen (secondary N) is 1. The van der Waals surface area contributed by atoms with E-state index in [9.17, 15) is 4.79 Å². The molecule has 0 bridgehead atoms. The summed E-state index contributed by atoms with van der Waals surface area (Å²) < 4.78 is 0. The summed E-state index contributed by atoms with van der Waals surface area (Å²) in [6.07, 6.45) is 5.31. The second-order valence-electron chi connectivity index (χ2n) is 7.66. The van der Waals surface area contributed by atoms with Gasteiger partial charge >= 0.3 is 0 Å². The van der Waals surface area contributed by atoms with Crippen molar-refractivity contribution in [1.82, 2.24) is 9.88 Å². The molecule has 0 saturated heterocycles. The number of pyridine rings is 1. The number of para-hydroxylation sites is 2. The Bertz CT molecular complexity index is 1040. The summed E-state index contributed by atoms with van der Waals surface area (Å²) in [5.41, 5.74) is 3.31. The van der Waals surface area contributed by atoms with E-state index in [0.29, 0.717) is 5.15 Å². The van der Waals surface area contributed by atoms with Gasteiger partial charge in [-0.15, -0.1) is 0 Å².